The van der Waals surface area contributed by atoms with Gasteiger partial charge >= 0.3 is 0 Å². The summed E-state index contributed by atoms with van der Waals surface area (Å²) >= 11 is 3.56. The fourth-order valence-electron chi connectivity index (χ4n) is 2.83. The molecule has 0 N–H and O–H groups in total. The van der Waals surface area contributed by atoms with Crippen molar-refractivity contribution in [3.8, 4) is 0 Å². The smallest absolute Gasteiger partial charge is 0.168 e. The lowest BCUT2D eigenvalue weighted by atomic mass is 10.0. The molecule has 0 atom stereocenters. The van der Waals surface area contributed by atoms with Gasteiger partial charge in [-0.3, -0.25) is 4.99 Å². The molecular formula is C16H14N2S2. The van der Waals surface area contributed by atoms with E-state index in [1.54, 1.807) is 11.8 Å². The number of hydrogen-bond donors (Lipinski definition) is 0. The van der Waals surface area contributed by atoms with Crippen molar-refractivity contribution >= 4 is 44.0 Å². The second-order valence-electron chi connectivity index (χ2n) is 4.99. The van der Waals surface area contributed by atoms with E-state index in [9.17, 15) is 0 Å². The van der Waals surface area contributed by atoms with Gasteiger partial charge in [0.15, 0.2) is 5.17 Å². The Balaban J connectivity index is 2.00. The average Bonchev–Trinajstić information content (AvgIpc) is 3.11. The van der Waals surface area contributed by atoms with Crippen LogP contribution in [0, 0.1) is 6.92 Å². The molecule has 0 bridgehead atoms. The lowest BCUT2D eigenvalue weighted by Gasteiger charge is -2.18. The highest BCUT2D eigenvalue weighted by Crippen LogP contribution is 2.44. The number of aliphatic imine (C=N–C) groups is 1. The fraction of sp³-hybridized carbons (Fsp3) is 0.188. The predicted octanol–water partition coefficient (Wildman–Crippen LogP) is 4.48. The van der Waals surface area contributed by atoms with Gasteiger partial charge in [0, 0.05) is 21.7 Å². The van der Waals surface area contributed by atoms with Crippen LogP contribution in [-0.4, -0.2) is 23.2 Å². The number of rotatable bonds is 2. The average molecular weight is 298 g/mol. The number of nitrogens with zero attached hydrogens (tertiary/aromatic N) is 2. The summed E-state index contributed by atoms with van der Waals surface area (Å²) in [7, 11) is 0. The molecule has 2 aliphatic heterocycles. The second kappa shape index (κ2) is 4.50. The normalized spacial score (nSPS) is 17.9. The number of benzene rings is 1. The highest BCUT2D eigenvalue weighted by molar-refractivity contribution is 8.17. The van der Waals surface area contributed by atoms with Crippen molar-refractivity contribution in [1.29, 1.82) is 0 Å². The van der Waals surface area contributed by atoms with Gasteiger partial charge in [-0.15, -0.1) is 11.3 Å². The number of allylic oxidation sites excluding steroid dienone is 1. The standard InChI is InChI=1S/C16H14N2S2/c1-3-13-14(18-6-5-17-16(18)20-13)12-9-10(2)8-11-4-7-19-15(11)12/h3-4,7-9H,1,5-6H2,2H3. The van der Waals surface area contributed by atoms with Crippen molar-refractivity contribution in [2.75, 3.05) is 13.1 Å². The Morgan fingerprint density at radius 3 is 3.15 bits per heavy atom. The largest absolute Gasteiger partial charge is 0.317 e. The molecule has 1 aromatic carbocycles. The summed E-state index contributed by atoms with van der Waals surface area (Å²) in [5.74, 6) is 0. The highest BCUT2D eigenvalue weighted by Gasteiger charge is 2.32. The fourth-order valence-corrected chi connectivity index (χ4v) is 4.77. The Kier molecular flexibility index (Phi) is 2.75. The molecule has 0 saturated carbocycles. The molecule has 4 rings (SSSR count). The van der Waals surface area contributed by atoms with Crippen molar-refractivity contribution in [3.05, 3.63) is 52.3 Å². The maximum absolute atomic E-state index is 4.58. The third-order valence-electron chi connectivity index (χ3n) is 3.64. The maximum atomic E-state index is 4.58. The Morgan fingerprint density at radius 1 is 1.40 bits per heavy atom. The van der Waals surface area contributed by atoms with E-state index in [0.717, 1.165) is 18.3 Å². The summed E-state index contributed by atoms with van der Waals surface area (Å²) in [5.41, 5.74) is 3.92. The van der Waals surface area contributed by atoms with Gasteiger partial charge in [0.05, 0.1) is 12.2 Å². The van der Waals surface area contributed by atoms with Crippen LogP contribution in [0.5, 0.6) is 0 Å². The number of aryl methyl sites for hydroxylation is 1. The second-order valence-corrected chi connectivity index (χ2v) is 6.91. The van der Waals surface area contributed by atoms with Gasteiger partial charge in [0.1, 0.15) is 0 Å². The van der Waals surface area contributed by atoms with Crippen molar-refractivity contribution in [3.63, 3.8) is 0 Å². The van der Waals surface area contributed by atoms with Crippen LogP contribution in [0.2, 0.25) is 0 Å². The van der Waals surface area contributed by atoms with Gasteiger partial charge < -0.3 is 4.90 Å². The molecule has 20 heavy (non-hydrogen) atoms. The first kappa shape index (κ1) is 12.2. The van der Waals surface area contributed by atoms with Gasteiger partial charge in [-0.1, -0.05) is 18.7 Å². The molecule has 0 radical (unpaired) electrons. The van der Waals surface area contributed by atoms with E-state index in [4.69, 9.17) is 0 Å². The van der Waals surface area contributed by atoms with E-state index in [-0.39, 0.29) is 0 Å². The van der Waals surface area contributed by atoms with Crippen LogP contribution in [0.4, 0.5) is 0 Å². The molecule has 0 amide bonds. The van der Waals surface area contributed by atoms with Gasteiger partial charge in [-0.2, -0.15) is 0 Å². The molecule has 4 heteroatoms. The molecule has 3 heterocycles. The van der Waals surface area contributed by atoms with Crippen LogP contribution in [0.15, 0.2) is 46.1 Å². The van der Waals surface area contributed by atoms with Crippen molar-refractivity contribution in [2.24, 2.45) is 4.99 Å². The summed E-state index contributed by atoms with van der Waals surface area (Å²) in [6, 6.07) is 6.75. The predicted molar refractivity (Wildman–Crippen MR) is 90.3 cm³/mol. The van der Waals surface area contributed by atoms with Gasteiger partial charge in [-0.25, -0.2) is 0 Å². The van der Waals surface area contributed by atoms with Crippen molar-refractivity contribution in [1.82, 2.24) is 4.90 Å². The maximum Gasteiger partial charge on any atom is 0.168 e. The summed E-state index contributed by atoms with van der Waals surface area (Å²) < 4.78 is 1.36. The summed E-state index contributed by atoms with van der Waals surface area (Å²) in [6.07, 6.45) is 1.96. The topological polar surface area (TPSA) is 15.6 Å². The van der Waals surface area contributed by atoms with Crippen LogP contribution in [0.25, 0.3) is 15.8 Å². The zero-order chi connectivity index (χ0) is 13.7. The van der Waals surface area contributed by atoms with Crippen molar-refractivity contribution in [2.45, 2.75) is 6.92 Å². The molecular weight excluding hydrogens is 284 g/mol. The van der Waals surface area contributed by atoms with Gasteiger partial charge in [0.25, 0.3) is 0 Å². The van der Waals surface area contributed by atoms with E-state index in [1.165, 1.54) is 31.8 Å². The van der Waals surface area contributed by atoms with Crippen LogP contribution in [-0.2, 0) is 0 Å². The highest BCUT2D eigenvalue weighted by atomic mass is 32.2. The third kappa shape index (κ3) is 1.68. The number of fused-ring (bicyclic) bond motifs is 2. The van der Waals surface area contributed by atoms with Crippen molar-refractivity contribution < 1.29 is 0 Å². The minimum Gasteiger partial charge on any atom is -0.317 e. The molecule has 100 valence electrons. The molecule has 0 aliphatic carbocycles. The van der Waals surface area contributed by atoms with E-state index in [2.05, 4.69) is 47.0 Å². The molecule has 0 saturated heterocycles. The quantitative estimate of drug-likeness (QED) is 0.812. The summed E-state index contributed by atoms with van der Waals surface area (Å²) in [6.45, 7) is 8.02. The first-order chi connectivity index (χ1) is 9.78. The molecule has 0 unspecified atom stereocenters. The van der Waals surface area contributed by atoms with E-state index >= 15 is 0 Å². The molecule has 2 aromatic rings. The van der Waals surface area contributed by atoms with Crippen LogP contribution >= 0.6 is 23.1 Å². The minimum atomic E-state index is 0.898. The minimum absolute atomic E-state index is 0.898. The van der Waals surface area contributed by atoms with Crippen LogP contribution in [0.1, 0.15) is 11.1 Å². The lowest BCUT2D eigenvalue weighted by Crippen LogP contribution is -2.20. The van der Waals surface area contributed by atoms with Gasteiger partial charge in [-0.05, 0) is 47.1 Å². The molecule has 2 aliphatic rings. The first-order valence-electron chi connectivity index (χ1n) is 6.62. The summed E-state index contributed by atoms with van der Waals surface area (Å²) in [4.78, 5) is 8.15. The summed E-state index contributed by atoms with van der Waals surface area (Å²) in [5, 5.41) is 4.62. The molecule has 2 nitrogen and oxygen atoms in total. The number of thioether (sulfide) groups is 1. The number of amidine groups is 1. The van der Waals surface area contributed by atoms with Crippen LogP contribution < -0.4 is 0 Å². The van der Waals surface area contributed by atoms with E-state index in [0.29, 0.717) is 0 Å². The Labute approximate surface area is 126 Å². The first-order valence-corrected chi connectivity index (χ1v) is 8.32. The third-order valence-corrected chi connectivity index (χ3v) is 5.72. The molecule has 0 fully saturated rings. The molecule has 0 spiro atoms. The Bertz CT molecular complexity index is 783. The monoisotopic (exact) mass is 298 g/mol. The van der Waals surface area contributed by atoms with E-state index in [1.807, 2.05) is 17.4 Å². The van der Waals surface area contributed by atoms with Gasteiger partial charge in [0.2, 0.25) is 0 Å². The number of hydrogen-bond acceptors (Lipinski definition) is 4. The Hall–Kier alpha value is -1.52. The van der Waals surface area contributed by atoms with E-state index < -0.39 is 0 Å². The zero-order valence-electron chi connectivity index (χ0n) is 11.2. The molecule has 1 aromatic heterocycles. The number of thiophene rings is 1. The van der Waals surface area contributed by atoms with Crippen LogP contribution in [0.3, 0.4) is 0 Å². The lowest BCUT2D eigenvalue weighted by molar-refractivity contribution is 0.649. The SMILES string of the molecule is C=CC1=C(c2cc(C)cc3ccsc23)N2CCN=C2S1. The Morgan fingerprint density at radius 2 is 2.30 bits per heavy atom. The zero-order valence-corrected chi connectivity index (χ0v) is 12.9.